The predicted molar refractivity (Wildman–Crippen MR) is 132 cm³/mol. The fourth-order valence-electron chi connectivity index (χ4n) is 4.91. The zero-order valence-corrected chi connectivity index (χ0v) is 20.0. The highest BCUT2D eigenvalue weighted by Gasteiger charge is 2.30. The van der Waals surface area contributed by atoms with E-state index in [0.717, 1.165) is 24.0 Å². The molecule has 0 radical (unpaired) electrons. The summed E-state index contributed by atoms with van der Waals surface area (Å²) < 4.78 is 54.7. The fourth-order valence-corrected chi connectivity index (χ4v) is 4.91. The number of hydrogen-bond acceptors (Lipinski definition) is 3. The Morgan fingerprint density at radius 1 is 0.944 bits per heavy atom. The molecule has 1 unspecified atom stereocenters. The van der Waals surface area contributed by atoms with Crippen molar-refractivity contribution in [1.29, 1.82) is 0 Å². The Hall–Kier alpha value is -3.38. The monoisotopic (exact) mass is 492 g/mol. The summed E-state index contributed by atoms with van der Waals surface area (Å²) in [5.74, 6) is -3.24. The third-order valence-corrected chi connectivity index (χ3v) is 7.01. The first-order valence-electron chi connectivity index (χ1n) is 12.3. The van der Waals surface area contributed by atoms with E-state index in [-0.39, 0.29) is 29.5 Å². The number of benzene rings is 3. The Bertz CT molecular complexity index is 1290. The van der Waals surface area contributed by atoms with Gasteiger partial charge in [0.05, 0.1) is 12.2 Å². The van der Waals surface area contributed by atoms with Crippen molar-refractivity contribution in [2.24, 2.45) is 0 Å². The fraction of sp³-hybridized carbons (Fsp3) is 0.300. The highest BCUT2D eigenvalue weighted by molar-refractivity contribution is 5.90. The molecular formula is C30H27F3O3. The lowest BCUT2D eigenvalue weighted by molar-refractivity contribution is 0.0189. The molecule has 3 nitrogen and oxygen atoms in total. The van der Waals surface area contributed by atoms with Gasteiger partial charge in [-0.2, -0.15) is 0 Å². The zero-order chi connectivity index (χ0) is 25.2. The molecule has 36 heavy (non-hydrogen) atoms. The third kappa shape index (κ3) is 5.09. The topological polar surface area (TPSA) is 38.8 Å². The van der Waals surface area contributed by atoms with E-state index in [9.17, 15) is 18.0 Å². The number of carbonyl (C=O) groups is 1. The van der Waals surface area contributed by atoms with Crippen LogP contribution in [0, 0.1) is 17.5 Å². The number of hydrogen-bond donors (Lipinski definition) is 0. The maximum Gasteiger partial charge on any atom is 0.341 e. The van der Waals surface area contributed by atoms with Crippen LogP contribution >= 0.6 is 0 Å². The molecule has 1 aliphatic heterocycles. The largest absolute Gasteiger partial charge is 0.459 e. The summed E-state index contributed by atoms with van der Waals surface area (Å²) in [5, 5.41) is 0. The van der Waals surface area contributed by atoms with Crippen molar-refractivity contribution in [2.45, 2.75) is 50.7 Å². The zero-order valence-electron chi connectivity index (χ0n) is 20.0. The number of carbonyl (C=O) groups excluding carboxylic acids is 1. The van der Waals surface area contributed by atoms with E-state index in [0.29, 0.717) is 30.6 Å². The minimum Gasteiger partial charge on any atom is -0.459 e. The van der Waals surface area contributed by atoms with Gasteiger partial charge in [0.2, 0.25) is 0 Å². The van der Waals surface area contributed by atoms with Crippen molar-refractivity contribution in [1.82, 2.24) is 0 Å². The molecule has 1 aliphatic carbocycles. The van der Waals surface area contributed by atoms with E-state index < -0.39 is 23.2 Å². The molecule has 0 amide bonds. The molecule has 1 saturated heterocycles. The average Bonchev–Trinajstić information content (AvgIpc) is 3.72. The molecule has 3 aromatic rings. The lowest BCUT2D eigenvalue weighted by atomic mass is 9.82. The Balaban J connectivity index is 1.21. The number of epoxide rings is 1. The first kappa shape index (κ1) is 24.3. The average molecular weight is 493 g/mol. The molecule has 5 rings (SSSR count). The van der Waals surface area contributed by atoms with Gasteiger partial charge >= 0.3 is 5.97 Å². The van der Waals surface area contributed by atoms with Crippen molar-refractivity contribution < 1.29 is 27.4 Å². The number of halogens is 3. The molecule has 1 heterocycles. The van der Waals surface area contributed by atoms with Crippen LogP contribution in [0.1, 0.15) is 71.7 Å². The Morgan fingerprint density at radius 2 is 1.67 bits per heavy atom. The highest BCUT2D eigenvalue weighted by atomic mass is 19.2. The van der Waals surface area contributed by atoms with Crippen molar-refractivity contribution in [3.8, 4) is 11.1 Å². The molecular weight excluding hydrogens is 465 g/mol. The van der Waals surface area contributed by atoms with E-state index >= 15 is 0 Å². The van der Waals surface area contributed by atoms with Crippen LogP contribution in [0.3, 0.4) is 0 Å². The van der Waals surface area contributed by atoms with Crippen molar-refractivity contribution in [3.05, 3.63) is 100 Å². The number of allylic oxidation sites excluding steroid dienone is 1. The van der Waals surface area contributed by atoms with Crippen LogP contribution in [0.5, 0.6) is 0 Å². The smallest absolute Gasteiger partial charge is 0.341 e. The molecule has 6 heteroatoms. The Labute approximate surface area is 208 Å². The molecule has 0 aromatic heterocycles. The Kier molecular flexibility index (Phi) is 6.97. The summed E-state index contributed by atoms with van der Waals surface area (Å²) in [5.41, 5.74) is 2.66. The van der Waals surface area contributed by atoms with Crippen LogP contribution < -0.4 is 0 Å². The van der Waals surface area contributed by atoms with E-state index in [2.05, 4.69) is 0 Å². The minimum absolute atomic E-state index is 0.0862. The maximum atomic E-state index is 14.9. The normalized spacial score (nSPS) is 21.5. The van der Waals surface area contributed by atoms with Crippen LogP contribution in [0.15, 0.2) is 60.7 Å². The highest BCUT2D eigenvalue weighted by Crippen LogP contribution is 2.38. The summed E-state index contributed by atoms with van der Waals surface area (Å²) in [6.45, 7) is 2.46. The molecule has 1 saturated carbocycles. The summed E-state index contributed by atoms with van der Waals surface area (Å²) >= 11 is 0. The molecule has 2 aliphatic rings. The summed E-state index contributed by atoms with van der Waals surface area (Å²) in [6.07, 6.45) is 5.87. The van der Waals surface area contributed by atoms with E-state index in [4.69, 9.17) is 9.47 Å². The van der Waals surface area contributed by atoms with Gasteiger partial charge in [-0.1, -0.05) is 54.6 Å². The number of esters is 1. The molecule has 2 fully saturated rings. The lowest BCUT2D eigenvalue weighted by Crippen LogP contribution is -2.24. The predicted octanol–water partition coefficient (Wildman–Crippen LogP) is 7.76. The lowest BCUT2D eigenvalue weighted by Gasteiger charge is -2.28. The second-order valence-corrected chi connectivity index (χ2v) is 9.39. The molecule has 1 atom stereocenters. The van der Waals surface area contributed by atoms with Crippen molar-refractivity contribution >= 4 is 12.0 Å². The number of ether oxygens (including phenoxy) is 2. The van der Waals surface area contributed by atoms with Crippen LogP contribution in [-0.4, -0.2) is 18.7 Å². The summed E-state index contributed by atoms with van der Waals surface area (Å²) in [6, 6.07) is 15.0. The number of rotatable bonds is 6. The van der Waals surface area contributed by atoms with Gasteiger partial charge in [-0.15, -0.1) is 0 Å². The molecule has 0 N–H and O–H groups in total. The first-order valence-corrected chi connectivity index (χ1v) is 12.3. The van der Waals surface area contributed by atoms with Gasteiger partial charge < -0.3 is 9.47 Å². The maximum absolute atomic E-state index is 14.9. The quantitative estimate of drug-likeness (QED) is 0.261. The van der Waals surface area contributed by atoms with Gasteiger partial charge in [-0.05, 0) is 67.3 Å². The van der Waals surface area contributed by atoms with Gasteiger partial charge in [0.15, 0.2) is 11.6 Å². The van der Waals surface area contributed by atoms with Gasteiger partial charge in [-0.3, -0.25) is 0 Å². The molecule has 3 aromatic carbocycles. The molecule has 0 bridgehead atoms. The summed E-state index contributed by atoms with van der Waals surface area (Å²) in [4.78, 5) is 12.7. The molecule has 186 valence electrons. The first-order chi connectivity index (χ1) is 17.4. The van der Waals surface area contributed by atoms with Crippen molar-refractivity contribution in [2.75, 3.05) is 6.61 Å². The Morgan fingerprint density at radius 3 is 2.31 bits per heavy atom. The summed E-state index contributed by atoms with van der Waals surface area (Å²) in [7, 11) is 0. The van der Waals surface area contributed by atoms with E-state index in [1.165, 1.54) is 12.1 Å². The standard InChI is InChI=1S/C30H27F3O3/c1-2-3-18-4-6-20(7-5-18)23-14-15-25(29(33)28(23)32)30(34)36-22-11-8-19(9-12-22)21-10-13-24(26(31)16-21)27-17-35-27/h2-7,10,13-16,19,22,27H,8-9,11-12,17H2,1H3/b3-2+. The van der Waals surface area contributed by atoms with Crippen LogP contribution in [0.4, 0.5) is 13.2 Å². The van der Waals surface area contributed by atoms with Crippen LogP contribution in [0.2, 0.25) is 0 Å². The second kappa shape index (κ2) is 10.3. The van der Waals surface area contributed by atoms with Gasteiger partial charge in [0.1, 0.15) is 18.0 Å². The SMILES string of the molecule is C/C=C/c1ccc(-c2ccc(C(=O)OC3CCC(c4ccc(C5CO5)c(F)c4)CC3)c(F)c2F)cc1. The van der Waals surface area contributed by atoms with Crippen LogP contribution in [-0.2, 0) is 9.47 Å². The van der Waals surface area contributed by atoms with Gasteiger partial charge in [-0.25, -0.2) is 18.0 Å². The van der Waals surface area contributed by atoms with Crippen LogP contribution in [0.25, 0.3) is 17.2 Å². The van der Waals surface area contributed by atoms with E-state index in [1.54, 1.807) is 24.3 Å². The molecule has 0 spiro atoms. The van der Waals surface area contributed by atoms with E-state index in [1.807, 2.05) is 37.3 Å². The third-order valence-electron chi connectivity index (χ3n) is 7.01. The second-order valence-electron chi connectivity index (χ2n) is 9.39. The van der Waals surface area contributed by atoms with Crippen molar-refractivity contribution in [3.63, 3.8) is 0 Å². The minimum atomic E-state index is -1.21. The van der Waals surface area contributed by atoms with Gasteiger partial charge in [0, 0.05) is 11.1 Å². The van der Waals surface area contributed by atoms with Gasteiger partial charge in [0.25, 0.3) is 0 Å².